The van der Waals surface area contributed by atoms with E-state index in [1.807, 2.05) is 18.7 Å². The van der Waals surface area contributed by atoms with Crippen molar-refractivity contribution in [3.63, 3.8) is 0 Å². The summed E-state index contributed by atoms with van der Waals surface area (Å²) < 4.78 is 7.88. The Kier molecular flexibility index (Phi) is 3.46. The van der Waals surface area contributed by atoms with Gasteiger partial charge in [0.15, 0.2) is 0 Å². The van der Waals surface area contributed by atoms with E-state index in [2.05, 4.69) is 33.6 Å². The number of ether oxygens (including phenoxy) is 1. The normalized spacial score (nSPS) is 31.3. The van der Waals surface area contributed by atoms with Gasteiger partial charge < -0.3 is 14.2 Å². The Bertz CT molecular complexity index is 785. The van der Waals surface area contributed by atoms with Crippen molar-refractivity contribution >= 4 is 0 Å². The molecular formula is C21H27N3O. The molecule has 4 heteroatoms. The highest BCUT2D eigenvalue weighted by Gasteiger charge is 2.53. The third-order valence-corrected chi connectivity index (χ3v) is 7.19. The Morgan fingerprint density at radius 3 is 2.96 bits per heavy atom. The predicted octanol–water partition coefficient (Wildman–Crippen LogP) is 3.57. The second kappa shape index (κ2) is 5.60. The van der Waals surface area contributed by atoms with E-state index in [-0.39, 0.29) is 0 Å². The molecule has 2 aromatic rings. The molecule has 2 fully saturated rings. The highest BCUT2D eigenvalue weighted by molar-refractivity contribution is 5.56. The lowest BCUT2D eigenvalue weighted by Crippen LogP contribution is -2.59. The van der Waals surface area contributed by atoms with Gasteiger partial charge >= 0.3 is 0 Å². The van der Waals surface area contributed by atoms with Gasteiger partial charge in [-0.1, -0.05) is 12.8 Å². The van der Waals surface area contributed by atoms with Crippen molar-refractivity contribution in [3.05, 3.63) is 42.0 Å². The van der Waals surface area contributed by atoms with E-state index in [4.69, 9.17) is 4.74 Å². The van der Waals surface area contributed by atoms with Gasteiger partial charge in [0.05, 0.1) is 19.1 Å². The predicted molar refractivity (Wildman–Crippen MR) is 98.5 cm³/mol. The van der Waals surface area contributed by atoms with Crippen molar-refractivity contribution in [1.29, 1.82) is 0 Å². The summed E-state index contributed by atoms with van der Waals surface area (Å²) in [7, 11) is 4.12. The lowest BCUT2D eigenvalue weighted by molar-refractivity contribution is 0.00274. The van der Waals surface area contributed by atoms with Crippen LogP contribution in [0, 0.1) is 5.92 Å². The van der Waals surface area contributed by atoms with E-state index in [1.54, 1.807) is 12.7 Å². The van der Waals surface area contributed by atoms with Crippen LogP contribution < -0.4 is 4.74 Å². The molecule has 0 spiro atoms. The van der Waals surface area contributed by atoms with Crippen LogP contribution >= 0.6 is 0 Å². The van der Waals surface area contributed by atoms with Crippen LogP contribution in [-0.2, 0) is 11.8 Å². The summed E-state index contributed by atoms with van der Waals surface area (Å²) in [5.74, 6) is 1.80. The van der Waals surface area contributed by atoms with Crippen LogP contribution in [0.2, 0.25) is 0 Å². The molecule has 4 nitrogen and oxygen atoms in total. The van der Waals surface area contributed by atoms with Crippen LogP contribution in [0.3, 0.4) is 0 Å². The highest BCUT2D eigenvalue weighted by Crippen LogP contribution is 2.56. The molecule has 3 atom stereocenters. The zero-order chi connectivity index (χ0) is 17.0. The van der Waals surface area contributed by atoms with Crippen molar-refractivity contribution in [2.45, 2.75) is 50.0 Å². The molecule has 132 valence electrons. The summed E-state index contributed by atoms with van der Waals surface area (Å²) in [5, 5.41) is 0. The van der Waals surface area contributed by atoms with Gasteiger partial charge in [0.1, 0.15) is 5.75 Å². The van der Waals surface area contributed by atoms with E-state index in [0.717, 1.165) is 17.4 Å². The van der Waals surface area contributed by atoms with Gasteiger partial charge in [-0.3, -0.25) is 0 Å². The van der Waals surface area contributed by atoms with Crippen LogP contribution in [-0.4, -0.2) is 41.2 Å². The molecular weight excluding hydrogens is 310 g/mol. The maximum absolute atomic E-state index is 5.81. The summed E-state index contributed by atoms with van der Waals surface area (Å²) in [6.45, 7) is 1.23. The SMILES string of the molecule is COc1cc2c(cc1-n1ccnc1)C[C@H]1[C@H]3CCCC[C@@]23CCN1C. The molecule has 1 aromatic heterocycles. The third kappa shape index (κ3) is 2.13. The first-order valence-electron chi connectivity index (χ1n) is 9.63. The number of piperidine rings is 1. The third-order valence-electron chi connectivity index (χ3n) is 7.19. The van der Waals surface area contributed by atoms with E-state index in [9.17, 15) is 0 Å². The van der Waals surface area contributed by atoms with Gasteiger partial charge in [0.2, 0.25) is 0 Å². The first-order chi connectivity index (χ1) is 12.2. The zero-order valence-electron chi connectivity index (χ0n) is 15.2. The fourth-order valence-corrected chi connectivity index (χ4v) is 5.99. The summed E-state index contributed by atoms with van der Waals surface area (Å²) >= 11 is 0. The van der Waals surface area contributed by atoms with Gasteiger partial charge in [-0.15, -0.1) is 0 Å². The number of rotatable bonds is 2. The molecule has 2 heterocycles. The smallest absolute Gasteiger partial charge is 0.143 e. The molecule has 0 unspecified atom stereocenters. The molecule has 1 saturated carbocycles. The van der Waals surface area contributed by atoms with Crippen molar-refractivity contribution in [2.24, 2.45) is 5.92 Å². The topological polar surface area (TPSA) is 30.3 Å². The number of hydrogen-bond donors (Lipinski definition) is 0. The Labute approximate surface area is 149 Å². The number of methoxy groups -OCH3 is 1. The molecule has 5 rings (SSSR count). The van der Waals surface area contributed by atoms with Crippen LogP contribution in [0.15, 0.2) is 30.9 Å². The average Bonchev–Trinajstić information content (AvgIpc) is 3.18. The van der Waals surface area contributed by atoms with E-state index in [0.29, 0.717) is 11.5 Å². The molecule has 3 aliphatic rings. The van der Waals surface area contributed by atoms with Gasteiger partial charge in [-0.25, -0.2) is 4.98 Å². The summed E-state index contributed by atoms with van der Waals surface area (Å²) in [4.78, 5) is 6.84. The van der Waals surface area contributed by atoms with Crippen molar-refractivity contribution < 1.29 is 4.74 Å². The molecule has 0 radical (unpaired) electrons. The minimum absolute atomic E-state index is 0.379. The molecule has 1 aliphatic heterocycles. The molecule has 2 bridgehead atoms. The number of nitrogens with zero attached hydrogens (tertiary/aromatic N) is 3. The van der Waals surface area contributed by atoms with Crippen LogP contribution in [0.1, 0.15) is 43.2 Å². The van der Waals surface area contributed by atoms with Gasteiger partial charge in [0, 0.05) is 23.9 Å². The standard InChI is InChI=1S/C21H27N3O/c1-23-9-7-21-6-4-3-5-16(21)18(23)11-15-12-19(24-10-8-22-14-24)20(25-2)13-17(15)21/h8,10,12-14,16,18H,3-7,9,11H2,1-2H3/t16-,18+,21+/m1/s1. The largest absolute Gasteiger partial charge is 0.495 e. The van der Waals surface area contributed by atoms with Crippen molar-refractivity contribution in [1.82, 2.24) is 14.5 Å². The molecule has 25 heavy (non-hydrogen) atoms. The van der Waals surface area contributed by atoms with Gasteiger partial charge in [0.25, 0.3) is 0 Å². The van der Waals surface area contributed by atoms with Crippen molar-refractivity contribution in [2.75, 3.05) is 20.7 Å². The van der Waals surface area contributed by atoms with Crippen LogP contribution in [0.5, 0.6) is 5.75 Å². The van der Waals surface area contributed by atoms with Crippen LogP contribution in [0.4, 0.5) is 0 Å². The summed E-state index contributed by atoms with van der Waals surface area (Å²) in [6.07, 6.45) is 13.7. The number of likely N-dealkylation sites (tertiary alicyclic amines) is 1. The van der Waals surface area contributed by atoms with E-state index < -0.39 is 0 Å². The zero-order valence-corrected chi connectivity index (χ0v) is 15.2. The van der Waals surface area contributed by atoms with Gasteiger partial charge in [-0.05, 0) is 68.5 Å². The van der Waals surface area contributed by atoms with Crippen molar-refractivity contribution in [3.8, 4) is 11.4 Å². The summed E-state index contributed by atoms with van der Waals surface area (Å²) in [5.41, 5.74) is 4.61. The lowest BCUT2D eigenvalue weighted by atomic mass is 9.52. The van der Waals surface area contributed by atoms with Gasteiger partial charge in [-0.2, -0.15) is 0 Å². The quantitative estimate of drug-likeness (QED) is 0.839. The van der Waals surface area contributed by atoms with E-state index in [1.165, 1.54) is 50.6 Å². The molecule has 1 aromatic carbocycles. The molecule has 0 amide bonds. The first-order valence-corrected chi connectivity index (χ1v) is 9.63. The molecule has 2 aliphatic carbocycles. The number of hydrogen-bond acceptors (Lipinski definition) is 3. The fraction of sp³-hybridized carbons (Fsp3) is 0.571. The monoisotopic (exact) mass is 337 g/mol. The number of likely N-dealkylation sites (N-methyl/N-ethyl adjacent to an activating group) is 1. The number of imidazole rings is 1. The van der Waals surface area contributed by atoms with Crippen LogP contribution in [0.25, 0.3) is 5.69 Å². The minimum Gasteiger partial charge on any atom is -0.495 e. The maximum atomic E-state index is 5.81. The second-order valence-electron chi connectivity index (χ2n) is 8.16. The Hall–Kier alpha value is -1.81. The second-order valence-corrected chi connectivity index (χ2v) is 8.16. The molecule has 1 saturated heterocycles. The molecule has 0 N–H and O–H groups in total. The number of benzene rings is 1. The average molecular weight is 337 g/mol. The highest BCUT2D eigenvalue weighted by atomic mass is 16.5. The van der Waals surface area contributed by atoms with E-state index >= 15 is 0 Å². The Morgan fingerprint density at radius 2 is 2.16 bits per heavy atom. The first kappa shape index (κ1) is 15.4. The number of fused-ring (bicyclic) bond motifs is 1. The Balaban J connectivity index is 1.70. The fourth-order valence-electron chi connectivity index (χ4n) is 5.99. The maximum Gasteiger partial charge on any atom is 0.143 e. The Morgan fingerprint density at radius 1 is 1.24 bits per heavy atom. The minimum atomic E-state index is 0.379. The summed E-state index contributed by atoms with van der Waals surface area (Å²) in [6, 6.07) is 5.43. The lowest BCUT2D eigenvalue weighted by Gasteiger charge is -2.58. The number of aromatic nitrogens is 2.